The fourth-order valence-corrected chi connectivity index (χ4v) is 1.36. The maximum Gasteiger partial charge on any atom is 0.416 e. The van der Waals surface area contributed by atoms with Crippen molar-refractivity contribution < 1.29 is 13.2 Å². The summed E-state index contributed by atoms with van der Waals surface area (Å²) in [7, 11) is 0. The van der Waals surface area contributed by atoms with Crippen LogP contribution in [0, 0.1) is 6.92 Å². The minimum absolute atomic E-state index is 0.260. The molecule has 0 aliphatic rings. The second kappa shape index (κ2) is 5.92. The molecule has 0 heterocycles. The lowest BCUT2D eigenvalue weighted by atomic mass is 9.98. The van der Waals surface area contributed by atoms with Gasteiger partial charge in [-0.15, -0.1) is 0 Å². The van der Waals surface area contributed by atoms with Gasteiger partial charge in [-0.1, -0.05) is 39.8 Å². The lowest BCUT2D eigenvalue weighted by Gasteiger charge is -2.13. The van der Waals surface area contributed by atoms with Crippen molar-refractivity contribution in [2.45, 2.75) is 46.7 Å². The highest BCUT2D eigenvalue weighted by molar-refractivity contribution is 5.34. The van der Waals surface area contributed by atoms with Crippen molar-refractivity contribution in [3.63, 3.8) is 0 Å². The Labute approximate surface area is 95.5 Å². The van der Waals surface area contributed by atoms with Crippen molar-refractivity contribution >= 4 is 0 Å². The number of rotatable bonds is 1. The van der Waals surface area contributed by atoms with Gasteiger partial charge in [-0.25, -0.2) is 0 Å². The predicted molar refractivity (Wildman–Crippen MR) is 61.6 cm³/mol. The van der Waals surface area contributed by atoms with Gasteiger partial charge in [0, 0.05) is 0 Å². The standard InChI is InChI=1S/C11H13F3.C2H6/c1-7(2)9-4-5-10(8(3)6-9)11(12,13)14;1-2/h4-7H,1-3H3;1-2H3. The molecule has 0 N–H and O–H groups in total. The molecule has 0 aliphatic carbocycles. The van der Waals surface area contributed by atoms with Crippen LogP contribution in [0.1, 0.15) is 50.3 Å². The summed E-state index contributed by atoms with van der Waals surface area (Å²) in [6.45, 7) is 9.42. The molecule has 0 atom stereocenters. The third-order valence-corrected chi connectivity index (χ3v) is 2.22. The topological polar surface area (TPSA) is 0 Å². The van der Waals surface area contributed by atoms with Gasteiger partial charge in [-0.3, -0.25) is 0 Å². The van der Waals surface area contributed by atoms with E-state index in [1.54, 1.807) is 12.1 Å². The fraction of sp³-hybridized carbons (Fsp3) is 0.538. The largest absolute Gasteiger partial charge is 0.416 e. The van der Waals surface area contributed by atoms with Gasteiger partial charge in [0.05, 0.1) is 5.56 Å². The van der Waals surface area contributed by atoms with Crippen LogP contribution < -0.4 is 0 Å². The van der Waals surface area contributed by atoms with Crippen LogP contribution in [0.15, 0.2) is 18.2 Å². The quantitative estimate of drug-likeness (QED) is 0.627. The Morgan fingerprint density at radius 1 is 1.06 bits per heavy atom. The highest BCUT2D eigenvalue weighted by atomic mass is 19.4. The van der Waals surface area contributed by atoms with Crippen molar-refractivity contribution in [2.75, 3.05) is 0 Å². The number of aryl methyl sites for hydroxylation is 1. The Kier molecular flexibility index (Phi) is 5.56. The highest BCUT2D eigenvalue weighted by Crippen LogP contribution is 2.32. The molecule has 3 heteroatoms. The van der Waals surface area contributed by atoms with E-state index in [9.17, 15) is 13.2 Å². The van der Waals surface area contributed by atoms with Crippen LogP contribution in [-0.2, 0) is 6.18 Å². The summed E-state index contributed by atoms with van der Waals surface area (Å²) in [5.41, 5.74) is 0.695. The second-order valence-electron chi connectivity index (χ2n) is 3.73. The molecule has 1 aromatic carbocycles. The fourth-order valence-electron chi connectivity index (χ4n) is 1.36. The molecule has 1 rings (SSSR count). The molecular formula is C13H19F3. The molecule has 0 saturated carbocycles. The van der Waals surface area contributed by atoms with Gasteiger partial charge in [0.1, 0.15) is 0 Å². The van der Waals surface area contributed by atoms with Gasteiger partial charge in [-0.2, -0.15) is 13.2 Å². The van der Waals surface area contributed by atoms with E-state index in [-0.39, 0.29) is 5.92 Å². The van der Waals surface area contributed by atoms with Crippen LogP contribution in [0.4, 0.5) is 13.2 Å². The molecule has 1 aromatic rings. The van der Waals surface area contributed by atoms with Crippen molar-refractivity contribution in [2.24, 2.45) is 0 Å². The zero-order valence-electron chi connectivity index (χ0n) is 10.4. The maximum atomic E-state index is 12.4. The molecule has 0 fully saturated rings. The van der Waals surface area contributed by atoms with Gasteiger partial charge in [0.2, 0.25) is 0 Å². The van der Waals surface area contributed by atoms with E-state index in [1.807, 2.05) is 27.7 Å². The molecular weight excluding hydrogens is 213 g/mol. The van der Waals surface area contributed by atoms with Crippen LogP contribution in [-0.4, -0.2) is 0 Å². The summed E-state index contributed by atoms with van der Waals surface area (Å²) < 4.78 is 37.1. The Balaban J connectivity index is 0.00000106. The predicted octanol–water partition coefficient (Wildman–Crippen LogP) is 5.16. The van der Waals surface area contributed by atoms with E-state index in [1.165, 1.54) is 6.92 Å². The van der Waals surface area contributed by atoms with E-state index in [2.05, 4.69) is 0 Å². The molecule has 0 unspecified atom stereocenters. The Hall–Kier alpha value is -0.990. The molecule has 16 heavy (non-hydrogen) atoms. The van der Waals surface area contributed by atoms with E-state index in [4.69, 9.17) is 0 Å². The molecule has 0 spiro atoms. The molecule has 0 nitrogen and oxygen atoms in total. The zero-order valence-corrected chi connectivity index (χ0v) is 10.4. The summed E-state index contributed by atoms with van der Waals surface area (Å²) in [6, 6.07) is 4.30. The Bertz CT molecular complexity index is 324. The van der Waals surface area contributed by atoms with Crippen LogP contribution >= 0.6 is 0 Å². The van der Waals surface area contributed by atoms with Crippen molar-refractivity contribution in [3.8, 4) is 0 Å². The molecule has 0 bridgehead atoms. The maximum absolute atomic E-state index is 12.4. The van der Waals surface area contributed by atoms with Crippen LogP contribution in [0.5, 0.6) is 0 Å². The summed E-state index contributed by atoms with van der Waals surface area (Å²) in [6.07, 6.45) is -4.24. The normalized spacial score (nSPS) is 11.1. The summed E-state index contributed by atoms with van der Waals surface area (Å²) >= 11 is 0. The molecule has 0 radical (unpaired) electrons. The monoisotopic (exact) mass is 232 g/mol. The summed E-state index contributed by atoms with van der Waals surface area (Å²) in [5.74, 6) is 0.260. The van der Waals surface area contributed by atoms with E-state index in [0.29, 0.717) is 5.56 Å². The number of hydrogen-bond acceptors (Lipinski definition) is 0. The van der Waals surface area contributed by atoms with Crippen LogP contribution in [0.2, 0.25) is 0 Å². The first-order chi connectivity index (χ1) is 7.32. The number of hydrogen-bond donors (Lipinski definition) is 0. The zero-order chi connectivity index (χ0) is 12.9. The first-order valence-corrected chi connectivity index (χ1v) is 5.50. The minimum atomic E-state index is -4.24. The van der Waals surface area contributed by atoms with Gasteiger partial charge in [-0.05, 0) is 30.0 Å². The lowest BCUT2D eigenvalue weighted by Crippen LogP contribution is -2.07. The number of alkyl halides is 3. The summed E-state index contributed by atoms with van der Waals surface area (Å²) in [5, 5.41) is 0. The Morgan fingerprint density at radius 3 is 1.88 bits per heavy atom. The molecule has 0 saturated heterocycles. The average molecular weight is 232 g/mol. The molecule has 92 valence electrons. The van der Waals surface area contributed by atoms with Crippen molar-refractivity contribution in [1.29, 1.82) is 0 Å². The van der Waals surface area contributed by atoms with Gasteiger partial charge < -0.3 is 0 Å². The third kappa shape index (κ3) is 3.87. The minimum Gasteiger partial charge on any atom is -0.166 e. The van der Waals surface area contributed by atoms with Crippen molar-refractivity contribution in [1.82, 2.24) is 0 Å². The lowest BCUT2D eigenvalue weighted by molar-refractivity contribution is -0.138. The van der Waals surface area contributed by atoms with Gasteiger partial charge in [0.25, 0.3) is 0 Å². The second-order valence-corrected chi connectivity index (χ2v) is 3.73. The highest BCUT2D eigenvalue weighted by Gasteiger charge is 2.32. The van der Waals surface area contributed by atoms with Crippen molar-refractivity contribution in [3.05, 3.63) is 34.9 Å². The average Bonchev–Trinajstić information content (AvgIpc) is 2.18. The number of halogens is 3. The van der Waals surface area contributed by atoms with E-state index < -0.39 is 11.7 Å². The first kappa shape index (κ1) is 15.0. The number of benzene rings is 1. The van der Waals surface area contributed by atoms with Gasteiger partial charge in [0.15, 0.2) is 0 Å². The third-order valence-electron chi connectivity index (χ3n) is 2.22. The molecule has 0 amide bonds. The molecule has 0 aliphatic heterocycles. The summed E-state index contributed by atoms with van der Waals surface area (Å²) in [4.78, 5) is 0. The van der Waals surface area contributed by atoms with E-state index in [0.717, 1.165) is 11.6 Å². The first-order valence-electron chi connectivity index (χ1n) is 5.50. The smallest absolute Gasteiger partial charge is 0.166 e. The molecule has 0 aromatic heterocycles. The Morgan fingerprint density at radius 2 is 1.56 bits per heavy atom. The SMILES string of the molecule is CC.Cc1cc(C(C)C)ccc1C(F)(F)F. The van der Waals surface area contributed by atoms with Crippen LogP contribution in [0.25, 0.3) is 0 Å². The van der Waals surface area contributed by atoms with Gasteiger partial charge >= 0.3 is 6.18 Å². The van der Waals surface area contributed by atoms with Crippen LogP contribution in [0.3, 0.4) is 0 Å². The van der Waals surface area contributed by atoms with E-state index >= 15 is 0 Å².